The summed E-state index contributed by atoms with van der Waals surface area (Å²) in [4.78, 5) is 5.94. The molecule has 1 atom stereocenters. The van der Waals surface area contributed by atoms with Gasteiger partial charge in [-0.2, -0.15) is 8.78 Å². The second kappa shape index (κ2) is 6.93. The number of aliphatic hydroxyl groups excluding tert-OH is 1. The Labute approximate surface area is 111 Å². The Bertz CT molecular complexity index is 380. The van der Waals surface area contributed by atoms with E-state index in [1.165, 1.54) is 12.4 Å². The molecule has 2 rings (SSSR count). The SMILES string of the molecule is OCCN(Cc1nccn1C(F)F)CC1CCCN1. The first-order valence-corrected chi connectivity index (χ1v) is 6.57. The minimum absolute atomic E-state index is 0.0160. The van der Waals surface area contributed by atoms with Crippen LogP contribution < -0.4 is 5.32 Å². The summed E-state index contributed by atoms with van der Waals surface area (Å²) in [6.07, 6.45) is 4.89. The van der Waals surface area contributed by atoms with Crippen LogP contribution in [0.1, 0.15) is 25.2 Å². The van der Waals surface area contributed by atoms with E-state index in [0.29, 0.717) is 25.0 Å². The van der Waals surface area contributed by atoms with Crippen molar-refractivity contribution in [3.63, 3.8) is 0 Å². The summed E-state index contributed by atoms with van der Waals surface area (Å²) < 4.78 is 26.4. The third kappa shape index (κ3) is 3.95. The molecule has 0 aliphatic carbocycles. The molecule has 1 unspecified atom stereocenters. The molecule has 0 spiro atoms. The lowest BCUT2D eigenvalue weighted by atomic mass is 10.2. The van der Waals surface area contributed by atoms with Crippen LogP contribution in [0.25, 0.3) is 0 Å². The lowest BCUT2D eigenvalue weighted by Crippen LogP contribution is -2.39. The van der Waals surface area contributed by atoms with E-state index < -0.39 is 6.55 Å². The van der Waals surface area contributed by atoms with Crippen LogP contribution in [0.4, 0.5) is 8.78 Å². The average molecular weight is 274 g/mol. The largest absolute Gasteiger partial charge is 0.395 e. The second-order valence-electron chi connectivity index (χ2n) is 4.78. The van der Waals surface area contributed by atoms with Crippen molar-refractivity contribution in [3.05, 3.63) is 18.2 Å². The molecule has 1 fully saturated rings. The summed E-state index contributed by atoms with van der Waals surface area (Å²) in [6.45, 7) is -0.00930. The van der Waals surface area contributed by atoms with Crippen LogP contribution in [0, 0.1) is 0 Å². The Balaban J connectivity index is 1.96. The van der Waals surface area contributed by atoms with Gasteiger partial charge in [-0.05, 0) is 19.4 Å². The number of hydrogen-bond acceptors (Lipinski definition) is 4. The first kappa shape index (κ1) is 14.4. The highest BCUT2D eigenvalue weighted by Gasteiger charge is 2.20. The molecule has 0 radical (unpaired) electrons. The van der Waals surface area contributed by atoms with Gasteiger partial charge >= 0.3 is 6.55 Å². The predicted molar refractivity (Wildman–Crippen MR) is 66.9 cm³/mol. The molecule has 19 heavy (non-hydrogen) atoms. The minimum Gasteiger partial charge on any atom is -0.395 e. The molecule has 7 heteroatoms. The van der Waals surface area contributed by atoms with E-state index in [1.807, 2.05) is 4.90 Å². The van der Waals surface area contributed by atoms with Crippen molar-refractivity contribution < 1.29 is 13.9 Å². The van der Waals surface area contributed by atoms with Crippen molar-refractivity contribution in [3.8, 4) is 0 Å². The van der Waals surface area contributed by atoms with Gasteiger partial charge in [0.1, 0.15) is 5.82 Å². The highest BCUT2D eigenvalue weighted by Crippen LogP contribution is 2.15. The molecule has 0 amide bonds. The molecular formula is C12H20F2N4O. The van der Waals surface area contributed by atoms with E-state index >= 15 is 0 Å². The van der Waals surface area contributed by atoms with Crippen LogP contribution in [0.5, 0.6) is 0 Å². The third-order valence-corrected chi connectivity index (χ3v) is 3.38. The summed E-state index contributed by atoms with van der Waals surface area (Å²) in [5.74, 6) is 0.335. The van der Waals surface area contributed by atoms with Gasteiger partial charge in [0, 0.05) is 31.5 Å². The topological polar surface area (TPSA) is 53.3 Å². The normalized spacial score (nSPS) is 19.7. The van der Waals surface area contributed by atoms with Crippen LogP contribution in [0.2, 0.25) is 0 Å². The number of nitrogens with one attached hydrogen (secondary N) is 1. The molecule has 2 N–H and O–H groups in total. The number of aliphatic hydroxyl groups is 1. The van der Waals surface area contributed by atoms with Gasteiger partial charge in [0.05, 0.1) is 13.2 Å². The Kier molecular flexibility index (Phi) is 5.24. The summed E-state index contributed by atoms with van der Waals surface area (Å²) in [5.41, 5.74) is 0. The molecule has 5 nitrogen and oxygen atoms in total. The summed E-state index contributed by atoms with van der Waals surface area (Å²) in [5, 5.41) is 12.4. The molecule has 108 valence electrons. The summed E-state index contributed by atoms with van der Waals surface area (Å²) in [6, 6.07) is 0.376. The van der Waals surface area contributed by atoms with E-state index in [1.54, 1.807) is 0 Å². The zero-order chi connectivity index (χ0) is 13.7. The van der Waals surface area contributed by atoms with Gasteiger partial charge in [0.15, 0.2) is 0 Å². The van der Waals surface area contributed by atoms with Gasteiger partial charge in [-0.25, -0.2) is 4.98 Å². The van der Waals surface area contributed by atoms with E-state index in [9.17, 15) is 8.78 Å². The van der Waals surface area contributed by atoms with E-state index in [2.05, 4.69) is 10.3 Å². The maximum atomic E-state index is 12.7. The molecule has 1 aliphatic heterocycles. The third-order valence-electron chi connectivity index (χ3n) is 3.38. The second-order valence-corrected chi connectivity index (χ2v) is 4.78. The summed E-state index contributed by atoms with van der Waals surface area (Å²) >= 11 is 0. The molecule has 2 heterocycles. The smallest absolute Gasteiger partial charge is 0.319 e. The minimum atomic E-state index is -2.57. The Morgan fingerprint density at radius 3 is 3.05 bits per heavy atom. The number of imidazole rings is 1. The molecule has 1 saturated heterocycles. The number of hydrogen-bond donors (Lipinski definition) is 2. The fourth-order valence-corrected chi connectivity index (χ4v) is 2.44. The standard InChI is InChI=1S/C12H20F2N4O/c13-12(14)18-5-4-16-11(18)9-17(6-7-19)8-10-2-1-3-15-10/h4-5,10,12,15,19H,1-3,6-9H2. The monoisotopic (exact) mass is 274 g/mol. The molecule has 1 aromatic heterocycles. The van der Waals surface area contributed by atoms with E-state index in [-0.39, 0.29) is 6.61 Å². The van der Waals surface area contributed by atoms with Gasteiger partial charge in [-0.1, -0.05) is 0 Å². The van der Waals surface area contributed by atoms with Gasteiger partial charge in [-0.3, -0.25) is 9.47 Å². The quantitative estimate of drug-likeness (QED) is 0.773. The first-order chi connectivity index (χ1) is 9.20. The van der Waals surface area contributed by atoms with E-state index in [4.69, 9.17) is 5.11 Å². The molecular weight excluding hydrogens is 254 g/mol. The number of aromatic nitrogens is 2. The highest BCUT2D eigenvalue weighted by molar-refractivity contribution is 4.93. The van der Waals surface area contributed by atoms with Crippen molar-refractivity contribution in [1.29, 1.82) is 0 Å². The predicted octanol–water partition coefficient (Wildman–Crippen LogP) is 0.824. The van der Waals surface area contributed by atoms with Crippen LogP contribution in [0.15, 0.2) is 12.4 Å². The Hall–Kier alpha value is -1.05. The van der Waals surface area contributed by atoms with Crippen LogP contribution in [-0.2, 0) is 6.54 Å². The maximum absolute atomic E-state index is 12.7. The zero-order valence-electron chi connectivity index (χ0n) is 10.8. The molecule has 1 aromatic rings. The number of nitrogens with zero attached hydrogens (tertiary/aromatic N) is 3. The van der Waals surface area contributed by atoms with Crippen molar-refractivity contribution in [2.75, 3.05) is 26.2 Å². The van der Waals surface area contributed by atoms with Crippen LogP contribution in [0.3, 0.4) is 0 Å². The van der Waals surface area contributed by atoms with Gasteiger partial charge < -0.3 is 10.4 Å². The van der Waals surface area contributed by atoms with Crippen molar-refractivity contribution in [2.45, 2.75) is 32.0 Å². The van der Waals surface area contributed by atoms with Gasteiger partial charge in [0.2, 0.25) is 0 Å². The van der Waals surface area contributed by atoms with Crippen molar-refractivity contribution >= 4 is 0 Å². The lowest BCUT2D eigenvalue weighted by Gasteiger charge is -2.24. The number of rotatable bonds is 7. The van der Waals surface area contributed by atoms with Gasteiger partial charge in [-0.15, -0.1) is 0 Å². The molecule has 0 bridgehead atoms. The van der Waals surface area contributed by atoms with Gasteiger partial charge in [0.25, 0.3) is 0 Å². The van der Waals surface area contributed by atoms with Crippen molar-refractivity contribution in [1.82, 2.24) is 19.8 Å². The number of halogens is 2. The fourth-order valence-electron chi connectivity index (χ4n) is 2.44. The van der Waals surface area contributed by atoms with Crippen molar-refractivity contribution in [2.24, 2.45) is 0 Å². The Morgan fingerprint density at radius 1 is 1.58 bits per heavy atom. The maximum Gasteiger partial charge on any atom is 0.319 e. The first-order valence-electron chi connectivity index (χ1n) is 6.57. The number of alkyl halides is 2. The average Bonchev–Trinajstić information content (AvgIpc) is 3.00. The fraction of sp³-hybridized carbons (Fsp3) is 0.750. The zero-order valence-corrected chi connectivity index (χ0v) is 10.8. The molecule has 1 aliphatic rings. The Morgan fingerprint density at radius 2 is 2.42 bits per heavy atom. The molecule has 0 aromatic carbocycles. The van der Waals surface area contributed by atoms with E-state index in [0.717, 1.165) is 30.5 Å². The summed E-state index contributed by atoms with van der Waals surface area (Å²) in [7, 11) is 0. The highest BCUT2D eigenvalue weighted by atomic mass is 19.3. The molecule has 0 saturated carbocycles. The lowest BCUT2D eigenvalue weighted by molar-refractivity contribution is 0.0629. The van der Waals surface area contributed by atoms with Crippen LogP contribution in [-0.4, -0.2) is 51.8 Å². The van der Waals surface area contributed by atoms with Crippen LogP contribution >= 0.6 is 0 Å².